The molecule has 0 bridgehead atoms. The summed E-state index contributed by atoms with van der Waals surface area (Å²) in [7, 11) is -3.37. The van der Waals surface area contributed by atoms with Crippen LogP contribution >= 0.6 is 0 Å². The van der Waals surface area contributed by atoms with E-state index in [-0.39, 0.29) is 29.0 Å². The molecule has 0 atom stereocenters. The van der Waals surface area contributed by atoms with E-state index >= 15 is 0 Å². The normalized spacial score (nSPS) is 11.6. The molecule has 5 heteroatoms. The summed E-state index contributed by atoms with van der Waals surface area (Å²) in [5.41, 5.74) is 1.01. The molecule has 0 spiro atoms. The van der Waals surface area contributed by atoms with Gasteiger partial charge in [-0.05, 0) is 32.9 Å². The van der Waals surface area contributed by atoms with Gasteiger partial charge in [-0.2, -0.15) is 0 Å². The lowest BCUT2D eigenvalue weighted by molar-refractivity contribution is -0.121. The Balaban J connectivity index is 2.66. The van der Waals surface area contributed by atoms with Crippen molar-refractivity contribution in [2.75, 3.05) is 5.75 Å². The van der Waals surface area contributed by atoms with Crippen molar-refractivity contribution < 1.29 is 13.2 Å². The molecule has 0 aliphatic carbocycles. The lowest BCUT2D eigenvalue weighted by Gasteiger charge is -2.08. The Bertz CT molecular complexity index is 504. The van der Waals surface area contributed by atoms with Crippen molar-refractivity contribution in [3.8, 4) is 0 Å². The molecule has 0 unspecified atom stereocenters. The fourth-order valence-corrected chi connectivity index (χ4v) is 2.73. The van der Waals surface area contributed by atoms with Crippen LogP contribution in [0, 0.1) is 6.92 Å². The molecule has 0 radical (unpaired) electrons. The van der Waals surface area contributed by atoms with Gasteiger partial charge in [0.05, 0.1) is 10.6 Å². The number of carbonyl (C=O) groups excluding carboxylic acids is 1. The Hall–Kier alpha value is -1.36. The number of hydrogen-bond donors (Lipinski definition) is 1. The van der Waals surface area contributed by atoms with Gasteiger partial charge in [0.2, 0.25) is 5.91 Å². The summed E-state index contributed by atoms with van der Waals surface area (Å²) >= 11 is 0. The zero-order valence-electron chi connectivity index (χ0n) is 10.9. The average molecular weight is 269 g/mol. The van der Waals surface area contributed by atoms with E-state index < -0.39 is 9.84 Å². The average Bonchev–Trinajstić information content (AvgIpc) is 2.26. The first-order chi connectivity index (χ1) is 8.31. The van der Waals surface area contributed by atoms with E-state index in [0.717, 1.165) is 5.56 Å². The maximum atomic E-state index is 12.0. The molecular formula is C13H19NO3S. The van der Waals surface area contributed by atoms with E-state index in [1.807, 2.05) is 20.8 Å². The molecule has 0 fully saturated rings. The molecule has 1 aromatic rings. The second-order valence-corrected chi connectivity index (χ2v) is 6.71. The second-order valence-electron chi connectivity index (χ2n) is 4.60. The van der Waals surface area contributed by atoms with Crippen LogP contribution in [-0.4, -0.2) is 26.1 Å². The number of amides is 1. The van der Waals surface area contributed by atoms with Crippen LogP contribution in [0.2, 0.25) is 0 Å². The maximum absolute atomic E-state index is 12.0. The van der Waals surface area contributed by atoms with Crippen molar-refractivity contribution in [3.63, 3.8) is 0 Å². The molecule has 100 valence electrons. The fourth-order valence-electron chi connectivity index (χ4n) is 1.48. The SMILES string of the molecule is Cc1ccc(S(=O)(=O)CCC(=O)NC(C)C)cc1. The van der Waals surface area contributed by atoms with Crippen LogP contribution < -0.4 is 5.32 Å². The summed E-state index contributed by atoms with van der Waals surface area (Å²) in [4.78, 5) is 11.7. The van der Waals surface area contributed by atoms with E-state index in [4.69, 9.17) is 0 Å². The first kappa shape index (κ1) is 14.7. The number of aryl methyl sites for hydroxylation is 1. The summed E-state index contributed by atoms with van der Waals surface area (Å²) in [6.07, 6.45) is -0.00557. The van der Waals surface area contributed by atoms with E-state index in [1.165, 1.54) is 0 Å². The number of carbonyl (C=O) groups is 1. The van der Waals surface area contributed by atoms with Crippen LogP contribution in [0.1, 0.15) is 25.8 Å². The van der Waals surface area contributed by atoms with Crippen molar-refractivity contribution in [1.29, 1.82) is 0 Å². The van der Waals surface area contributed by atoms with Crippen LogP contribution in [0.4, 0.5) is 0 Å². The molecule has 1 rings (SSSR count). The molecule has 1 amide bonds. The van der Waals surface area contributed by atoms with Gasteiger partial charge in [-0.25, -0.2) is 8.42 Å². The van der Waals surface area contributed by atoms with Gasteiger partial charge in [-0.1, -0.05) is 17.7 Å². The predicted octanol–water partition coefficient (Wildman–Crippen LogP) is 1.68. The van der Waals surface area contributed by atoms with Crippen molar-refractivity contribution in [2.24, 2.45) is 0 Å². The number of sulfone groups is 1. The standard InChI is InChI=1S/C13H19NO3S/c1-10(2)14-13(15)8-9-18(16,17)12-6-4-11(3)5-7-12/h4-7,10H,8-9H2,1-3H3,(H,14,15). The molecule has 1 aromatic carbocycles. The first-order valence-electron chi connectivity index (χ1n) is 5.90. The predicted molar refractivity (Wildman–Crippen MR) is 71.1 cm³/mol. The highest BCUT2D eigenvalue weighted by molar-refractivity contribution is 7.91. The van der Waals surface area contributed by atoms with E-state index in [9.17, 15) is 13.2 Å². The molecule has 1 N–H and O–H groups in total. The highest BCUT2D eigenvalue weighted by Crippen LogP contribution is 2.12. The molecular weight excluding hydrogens is 250 g/mol. The van der Waals surface area contributed by atoms with Crippen molar-refractivity contribution in [2.45, 2.75) is 38.1 Å². The minimum Gasteiger partial charge on any atom is -0.354 e. The topological polar surface area (TPSA) is 63.2 Å². The molecule has 0 aromatic heterocycles. The Morgan fingerprint density at radius 3 is 2.28 bits per heavy atom. The van der Waals surface area contributed by atoms with Gasteiger partial charge in [0.25, 0.3) is 0 Å². The van der Waals surface area contributed by atoms with Crippen LogP contribution in [0.15, 0.2) is 29.2 Å². The maximum Gasteiger partial charge on any atom is 0.221 e. The lowest BCUT2D eigenvalue weighted by Crippen LogP contribution is -2.31. The molecule has 4 nitrogen and oxygen atoms in total. The Labute approximate surface area is 108 Å². The highest BCUT2D eigenvalue weighted by Gasteiger charge is 2.16. The summed E-state index contributed by atoms with van der Waals surface area (Å²) in [5.74, 6) is -0.394. The monoisotopic (exact) mass is 269 g/mol. The summed E-state index contributed by atoms with van der Waals surface area (Å²) in [6.45, 7) is 5.57. The minimum atomic E-state index is -3.37. The van der Waals surface area contributed by atoms with Crippen LogP contribution in [-0.2, 0) is 14.6 Å². The van der Waals surface area contributed by atoms with E-state index in [1.54, 1.807) is 24.3 Å². The Morgan fingerprint density at radius 1 is 1.22 bits per heavy atom. The van der Waals surface area contributed by atoms with Gasteiger partial charge in [0.1, 0.15) is 0 Å². The number of hydrogen-bond acceptors (Lipinski definition) is 3. The summed E-state index contributed by atoms with van der Waals surface area (Å²) in [5, 5.41) is 2.67. The summed E-state index contributed by atoms with van der Waals surface area (Å²) < 4.78 is 23.9. The Morgan fingerprint density at radius 2 is 1.78 bits per heavy atom. The molecule has 18 heavy (non-hydrogen) atoms. The molecule has 0 aliphatic heterocycles. The van der Waals surface area contributed by atoms with E-state index in [0.29, 0.717) is 0 Å². The lowest BCUT2D eigenvalue weighted by atomic mass is 10.2. The zero-order valence-corrected chi connectivity index (χ0v) is 11.8. The van der Waals surface area contributed by atoms with Gasteiger partial charge in [0.15, 0.2) is 9.84 Å². The third kappa shape index (κ3) is 4.49. The largest absolute Gasteiger partial charge is 0.354 e. The van der Waals surface area contributed by atoms with Crippen LogP contribution in [0.5, 0.6) is 0 Å². The first-order valence-corrected chi connectivity index (χ1v) is 7.55. The number of nitrogens with one attached hydrogen (secondary N) is 1. The van der Waals surface area contributed by atoms with Crippen LogP contribution in [0.3, 0.4) is 0 Å². The summed E-state index contributed by atoms with van der Waals surface area (Å²) in [6, 6.07) is 6.68. The van der Waals surface area contributed by atoms with Gasteiger partial charge in [-0.15, -0.1) is 0 Å². The molecule has 0 heterocycles. The van der Waals surface area contributed by atoms with E-state index in [2.05, 4.69) is 5.32 Å². The van der Waals surface area contributed by atoms with Gasteiger partial charge in [-0.3, -0.25) is 4.79 Å². The van der Waals surface area contributed by atoms with Gasteiger partial charge < -0.3 is 5.32 Å². The third-order valence-corrected chi connectivity index (χ3v) is 4.16. The molecule has 0 aliphatic rings. The van der Waals surface area contributed by atoms with Crippen molar-refractivity contribution in [3.05, 3.63) is 29.8 Å². The number of rotatable bonds is 5. The van der Waals surface area contributed by atoms with Crippen molar-refractivity contribution in [1.82, 2.24) is 5.32 Å². The molecule has 0 saturated heterocycles. The highest BCUT2D eigenvalue weighted by atomic mass is 32.2. The molecule has 0 saturated carbocycles. The fraction of sp³-hybridized carbons (Fsp3) is 0.462. The second kappa shape index (κ2) is 6.00. The van der Waals surface area contributed by atoms with Gasteiger partial charge >= 0.3 is 0 Å². The minimum absolute atomic E-state index is 0.00557. The third-order valence-electron chi connectivity index (χ3n) is 2.43. The van der Waals surface area contributed by atoms with Crippen LogP contribution in [0.25, 0.3) is 0 Å². The Kier molecular flexibility index (Phi) is 4.90. The van der Waals surface area contributed by atoms with Gasteiger partial charge in [0, 0.05) is 12.5 Å². The number of benzene rings is 1. The smallest absolute Gasteiger partial charge is 0.221 e. The van der Waals surface area contributed by atoms with Crippen molar-refractivity contribution >= 4 is 15.7 Å². The quantitative estimate of drug-likeness (QED) is 0.884. The zero-order chi connectivity index (χ0) is 13.8.